The van der Waals surface area contributed by atoms with Crippen LogP contribution in [0.2, 0.25) is 5.02 Å². The van der Waals surface area contributed by atoms with Crippen molar-refractivity contribution in [1.29, 1.82) is 0 Å². The molecule has 10 heteroatoms. The van der Waals surface area contributed by atoms with Gasteiger partial charge in [0.1, 0.15) is 6.04 Å². The summed E-state index contributed by atoms with van der Waals surface area (Å²) in [6, 6.07) is 10.2. The van der Waals surface area contributed by atoms with Crippen molar-refractivity contribution < 1.29 is 19.0 Å². The van der Waals surface area contributed by atoms with Gasteiger partial charge in [0.2, 0.25) is 0 Å². The molecular formula is C26H24ClIN2O5S. The summed E-state index contributed by atoms with van der Waals surface area (Å²) in [5.41, 5.74) is 1.81. The number of esters is 1. The average molecular weight is 639 g/mol. The number of carbonyl (C=O) groups excluding carboxylic acids is 1. The molecule has 7 nitrogen and oxygen atoms in total. The van der Waals surface area contributed by atoms with Gasteiger partial charge in [0.05, 0.1) is 36.1 Å². The Kier molecular flexibility index (Phi) is 8.21. The van der Waals surface area contributed by atoms with Crippen molar-refractivity contribution in [1.82, 2.24) is 4.57 Å². The minimum absolute atomic E-state index is 0.198. The van der Waals surface area contributed by atoms with Crippen molar-refractivity contribution in [3.05, 3.63) is 87.1 Å². The van der Waals surface area contributed by atoms with Crippen molar-refractivity contribution in [3.8, 4) is 11.5 Å². The number of rotatable bonds is 7. The second-order valence-electron chi connectivity index (χ2n) is 7.78. The fraction of sp³-hybridized carbons (Fsp3) is 0.269. The molecule has 36 heavy (non-hydrogen) atoms. The topological polar surface area (TPSA) is 79.1 Å². The highest BCUT2D eigenvalue weighted by Gasteiger charge is 2.34. The molecule has 0 aliphatic carbocycles. The van der Waals surface area contributed by atoms with Crippen LogP contribution in [-0.2, 0) is 9.53 Å². The van der Waals surface area contributed by atoms with E-state index in [0.29, 0.717) is 49.3 Å². The molecule has 0 N–H and O–H groups in total. The van der Waals surface area contributed by atoms with Gasteiger partial charge in [-0.2, -0.15) is 0 Å². The van der Waals surface area contributed by atoms with E-state index in [1.807, 2.05) is 25.1 Å². The summed E-state index contributed by atoms with van der Waals surface area (Å²) in [5, 5.41) is 0.439. The summed E-state index contributed by atoms with van der Waals surface area (Å²) in [7, 11) is 1.58. The number of methoxy groups -OCH3 is 1. The number of hydrogen-bond donors (Lipinski definition) is 0. The van der Waals surface area contributed by atoms with Crippen molar-refractivity contribution in [3.63, 3.8) is 0 Å². The Hall–Kier alpha value is -2.63. The lowest BCUT2D eigenvalue weighted by atomic mass is 9.96. The number of thiazole rings is 1. The third kappa shape index (κ3) is 4.96. The highest BCUT2D eigenvalue weighted by atomic mass is 127. The van der Waals surface area contributed by atoms with E-state index in [9.17, 15) is 9.59 Å². The zero-order valence-corrected chi connectivity index (χ0v) is 23.9. The van der Waals surface area contributed by atoms with Gasteiger partial charge in [0, 0.05) is 14.2 Å². The largest absolute Gasteiger partial charge is 0.493 e. The molecule has 1 aromatic heterocycles. The molecule has 0 unspecified atom stereocenters. The van der Waals surface area contributed by atoms with Crippen LogP contribution < -0.4 is 24.4 Å². The quantitative estimate of drug-likeness (QED) is 0.282. The van der Waals surface area contributed by atoms with Crippen LogP contribution in [0.3, 0.4) is 0 Å². The van der Waals surface area contributed by atoms with E-state index < -0.39 is 12.0 Å². The molecule has 1 aliphatic rings. The van der Waals surface area contributed by atoms with Gasteiger partial charge in [-0.1, -0.05) is 41.1 Å². The molecule has 4 rings (SSSR count). The van der Waals surface area contributed by atoms with Crippen molar-refractivity contribution in [2.45, 2.75) is 26.8 Å². The lowest BCUT2D eigenvalue weighted by Gasteiger charge is -2.25. The highest BCUT2D eigenvalue weighted by molar-refractivity contribution is 14.1. The maximum atomic E-state index is 13.8. The van der Waals surface area contributed by atoms with Crippen LogP contribution in [0, 0.1) is 3.57 Å². The third-order valence-corrected chi connectivity index (χ3v) is 7.51. The van der Waals surface area contributed by atoms with E-state index in [0.717, 1.165) is 3.57 Å². The van der Waals surface area contributed by atoms with Crippen molar-refractivity contribution >= 4 is 57.6 Å². The van der Waals surface area contributed by atoms with Gasteiger partial charge in [-0.05, 0) is 73.2 Å². The molecule has 0 amide bonds. The molecule has 0 saturated heterocycles. The summed E-state index contributed by atoms with van der Waals surface area (Å²) in [6.45, 7) is 6.00. The summed E-state index contributed by atoms with van der Waals surface area (Å²) in [6.07, 6.45) is 1.77. The number of aromatic nitrogens is 1. The molecule has 0 spiro atoms. The fourth-order valence-electron chi connectivity index (χ4n) is 4.07. The van der Waals surface area contributed by atoms with Crippen LogP contribution >= 0.6 is 45.5 Å². The Morgan fingerprint density at radius 1 is 1.25 bits per heavy atom. The van der Waals surface area contributed by atoms with E-state index >= 15 is 0 Å². The van der Waals surface area contributed by atoms with Crippen LogP contribution in [0.25, 0.3) is 6.08 Å². The Labute approximate surface area is 230 Å². The van der Waals surface area contributed by atoms with Gasteiger partial charge in [0.15, 0.2) is 16.3 Å². The molecule has 1 aliphatic heterocycles. The molecule has 0 bridgehead atoms. The van der Waals surface area contributed by atoms with E-state index in [4.69, 9.17) is 25.8 Å². The summed E-state index contributed by atoms with van der Waals surface area (Å²) < 4.78 is 19.6. The molecule has 0 radical (unpaired) electrons. The SMILES string of the molecule is CCOC(=O)C1=C(C)N=c2s/c(=C\c3cc(I)cc(OC)c3OCC)c(=O)n2[C@@H]1c1ccccc1Cl. The molecule has 0 fully saturated rings. The maximum Gasteiger partial charge on any atom is 0.338 e. The first-order valence-electron chi connectivity index (χ1n) is 11.2. The maximum absolute atomic E-state index is 13.8. The Morgan fingerprint density at radius 3 is 2.67 bits per heavy atom. The van der Waals surface area contributed by atoms with Gasteiger partial charge in [-0.25, -0.2) is 9.79 Å². The lowest BCUT2D eigenvalue weighted by molar-refractivity contribution is -0.139. The lowest BCUT2D eigenvalue weighted by Crippen LogP contribution is -2.40. The summed E-state index contributed by atoms with van der Waals surface area (Å²) in [4.78, 5) is 31.9. The first-order chi connectivity index (χ1) is 17.3. The molecule has 3 aromatic rings. The zero-order chi connectivity index (χ0) is 26.0. The average Bonchev–Trinajstić information content (AvgIpc) is 3.14. The molecule has 2 aromatic carbocycles. The fourth-order valence-corrected chi connectivity index (χ4v) is 5.97. The predicted octanol–water partition coefficient (Wildman–Crippen LogP) is 4.46. The smallest absolute Gasteiger partial charge is 0.338 e. The van der Waals surface area contributed by atoms with Gasteiger partial charge in [0.25, 0.3) is 5.56 Å². The number of ether oxygens (including phenoxy) is 3. The van der Waals surface area contributed by atoms with Crippen molar-refractivity contribution in [2.75, 3.05) is 20.3 Å². The molecular weight excluding hydrogens is 615 g/mol. The Bertz CT molecular complexity index is 1540. The first-order valence-corrected chi connectivity index (χ1v) is 13.5. The first kappa shape index (κ1) is 26.4. The molecule has 1 atom stereocenters. The second-order valence-corrected chi connectivity index (χ2v) is 10.4. The Morgan fingerprint density at radius 2 is 2.00 bits per heavy atom. The number of carbonyl (C=O) groups is 1. The number of fused-ring (bicyclic) bond motifs is 1. The van der Waals surface area contributed by atoms with Crippen LogP contribution in [-0.4, -0.2) is 30.9 Å². The van der Waals surface area contributed by atoms with E-state index in [2.05, 4.69) is 27.6 Å². The molecule has 2 heterocycles. The second kappa shape index (κ2) is 11.2. The van der Waals surface area contributed by atoms with Crippen LogP contribution in [0.4, 0.5) is 0 Å². The number of nitrogens with zero attached hydrogens (tertiary/aromatic N) is 2. The van der Waals surface area contributed by atoms with Gasteiger partial charge in [-0.3, -0.25) is 9.36 Å². The number of allylic oxidation sites excluding steroid dienone is 1. The molecule has 0 saturated carbocycles. The van der Waals surface area contributed by atoms with Crippen LogP contribution in [0.1, 0.15) is 37.9 Å². The zero-order valence-electron chi connectivity index (χ0n) is 20.1. The van der Waals surface area contributed by atoms with Crippen molar-refractivity contribution in [2.24, 2.45) is 4.99 Å². The number of benzene rings is 2. The van der Waals surface area contributed by atoms with E-state index in [1.54, 1.807) is 45.2 Å². The van der Waals surface area contributed by atoms with Crippen LogP contribution in [0.5, 0.6) is 11.5 Å². The number of halogens is 2. The standard InChI is InChI=1S/C26H24ClIN2O5S/c1-5-34-23-15(11-16(28)13-19(23)33-4)12-20-24(31)30-22(17-9-7-8-10-18(17)27)21(25(32)35-6-2)14(3)29-26(30)36-20/h7-13,22H,5-6H2,1-4H3/b20-12-/t22-/m1/s1. The minimum atomic E-state index is -0.770. The summed E-state index contributed by atoms with van der Waals surface area (Å²) in [5.74, 6) is 0.605. The Balaban J connectivity index is 2.00. The summed E-state index contributed by atoms with van der Waals surface area (Å²) >= 11 is 9.99. The van der Waals surface area contributed by atoms with Gasteiger partial charge in [-0.15, -0.1) is 0 Å². The normalized spacial score (nSPS) is 15.4. The molecule has 188 valence electrons. The van der Waals surface area contributed by atoms with Gasteiger partial charge >= 0.3 is 5.97 Å². The third-order valence-electron chi connectivity index (χ3n) is 5.56. The van der Waals surface area contributed by atoms with Gasteiger partial charge < -0.3 is 14.2 Å². The predicted molar refractivity (Wildman–Crippen MR) is 149 cm³/mol. The minimum Gasteiger partial charge on any atom is -0.493 e. The number of hydrogen-bond acceptors (Lipinski definition) is 7. The highest BCUT2D eigenvalue weighted by Crippen LogP contribution is 2.35. The monoisotopic (exact) mass is 638 g/mol. The van der Waals surface area contributed by atoms with E-state index in [-0.39, 0.29) is 17.7 Å². The van der Waals surface area contributed by atoms with E-state index in [1.165, 1.54) is 15.9 Å². The van der Waals surface area contributed by atoms with Crippen LogP contribution in [0.15, 0.2) is 57.5 Å².